The summed E-state index contributed by atoms with van der Waals surface area (Å²) in [4.78, 5) is 27.3. The molecule has 1 unspecified atom stereocenters. The van der Waals surface area contributed by atoms with E-state index >= 15 is 0 Å². The monoisotopic (exact) mass is 438 g/mol. The Labute approximate surface area is 183 Å². The van der Waals surface area contributed by atoms with Gasteiger partial charge in [0.15, 0.2) is 5.82 Å². The molecule has 3 aromatic rings. The second-order valence-corrected chi connectivity index (χ2v) is 7.64. The van der Waals surface area contributed by atoms with Gasteiger partial charge in [-0.2, -0.15) is 0 Å². The van der Waals surface area contributed by atoms with E-state index in [0.29, 0.717) is 27.7 Å². The zero-order valence-corrected chi connectivity index (χ0v) is 17.8. The maximum atomic E-state index is 13.1. The van der Waals surface area contributed by atoms with Gasteiger partial charge >= 0.3 is 5.91 Å². The number of anilines is 1. The van der Waals surface area contributed by atoms with E-state index in [9.17, 15) is 14.7 Å². The van der Waals surface area contributed by atoms with Crippen LogP contribution in [0.25, 0.3) is 5.76 Å². The van der Waals surface area contributed by atoms with Crippen LogP contribution in [-0.4, -0.2) is 29.1 Å². The van der Waals surface area contributed by atoms with E-state index in [1.807, 2.05) is 6.92 Å². The van der Waals surface area contributed by atoms with E-state index in [4.69, 9.17) is 20.9 Å². The molecule has 1 saturated heterocycles. The number of methoxy groups -OCH3 is 1. The molecular weight excluding hydrogens is 420 g/mol. The number of halogens is 1. The quantitative estimate of drug-likeness (QED) is 0.364. The molecule has 1 fully saturated rings. The minimum absolute atomic E-state index is 0.0579. The van der Waals surface area contributed by atoms with Crippen LogP contribution in [-0.2, 0) is 9.59 Å². The summed E-state index contributed by atoms with van der Waals surface area (Å²) in [6.45, 7) is 3.50. The molecule has 31 heavy (non-hydrogen) atoms. The molecule has 1 amide bonds. The second kappa shape index (κ2) is 7.92. The number of rotatable bonds is 4. The van der Waals surface area contributed by atoms with Gasteiger partial charge in [0.25, 0.3) is 5.78 Å². The summed E-state index contributed by atoms with van der Waals surface area (Å²) < 4.78 is 10.4. The van der Waals surface area contributed by atoms with Crippen molar-refractivity contribution in [3.05, 3.63) is 81.6 Å². The smallest absolute Gasteiger partial charge is 0.301 e. The largest absolute Gasteiger partial charge is 0.507 e. The normalized spacial score (nSPS) is 17.9. The van der Waals surface area contributed by atoms with Crippen molar-refractivity contribution in [1.29, 1.82) is 0 Å². The first-order valence-electron chi connectivity index (χ1n) is 9.46. The van der Waals surface area contributed by atoms with Gasteiger partial charge in [-0.05, 0) is 55.3 Å². The van der Waals surface area contributed by atoms with E-state index in [-0.39, 0.29) is 17.2 Å². The Morgan fingerprint density at radius 3 is 2.55 bits per heavy atom. The molecule has 1 aliphatic rings. The molecule has 4 rings (SSSR count). The summed E-state index contributed by atoms with van der Waals surface area (Å²) in [6.07, 6.45) is 0. The van der Waals surface area contributed by atoms with E-state index in [1.54, 1.807) is 62.6 Å². The standard InChI is InChI=1S/C23H19ClN2O5/c1-12-9-15(7-8-17(12)30-3)21(27)19-20(14-5-4-6-16(24)11-14)26(23(29)22(19)28)18-10-13(2)31-25-18/h4-11,20,27H,1-3H3/b21-19+. The third-order valence-electron chi connectivity index (χ3n) is 5.14. The highest BCUT2D eigenvalue weighted by Crippen LogP contribution is 2.42. The molecular formula is C23H19ClN2O5. The fraction of sp³-hybridized carbons (Fsp3) is 0.174. The number of aromatic nitrogens is 1. The molecule has 0 saturated carbocycles. The highest BCUT2D eigenvalue weighted by Gasteiger charge is 2.48. The third kappa shape index (κ3) is 3.57. The molecule has 0 radical (unpaired) electrons. The van der Waals surface area contributed by atoms with E-state index in [1.165, 1.54) is 4.90 Å². The van der Waals surface area contributed by atoms with Crippen molar-refractivity contribution in [2.45, 2.75) is 19.9 Å². The summed E-state index contributed by atoms with van der Waals surface area (Å²) in [5, 5.41) is 15.5. The highest BCUT2D eigenvalue weighted by atomic mass is 35.5. The number of nitrogens with zero attached hydrogens (tertiary/aromatic N) is 2. The van der Waals surface area contributed by atoms with Gasteiger partial charge in [-0.1, -0.05) is 28.9 Å². The zero-order chi connectivity index (χ0) is 22.3. The lowest BCUT2D eigenvalue weighted by molar-refractivity contribution is -0.132. The number of Topliss-reactive ketones (excluding diaryl/α,β-unsaturated/α-hetero) is 1. The van der Waals surface area contributed by atoms with Gasteiger partial charge < -0.3 is 14.4 Å². The first-order chi connectivity index (χ1) is 14.8. The van der Waals surface area contributed by atoms with Crippen LogP contribution in [0.3, 0.4) is 0 Å². The van der Waals surface area contributed by atoms with Gasteiger partial charge in [-0.25, -0.2) is 0 Å². The number of hydrogen-bond acceptors (Lipinski definition) is 6. The summed E-state index contributed by atoms with van der Waals surface area (Å²) in [6, 6.07) is 12.4. The number of carbonyl (C=O) groups excluding carboxylic acids is 2. The number of hydrogen-bond donors (Lipinski definition) is 1. The second-order valence-electron chi connectivity index (χ2n) is 7.20. The van der Waals surface area contributed by atoms with Crippen LogP contribution in [0.15, 0.2) is 58.6 Å². The lowest BCUT2D eigenvalue weighted by Gasteiger charge is -2.23. The average molecular weight is 439 g/mol. The summed E-state index contributed by atoms with van der Waals surface area (Å²) in [5.74, 6) is -0.637. The van der Waals surface area contributed by atoms with Crippen molar-refractivity contribution in [2.24, 2.45) is 0 Å². The van der Waals surface area contributed by atoms with E-state index < -0.39 is 17.7 Å². The Morgan fingerprint density at radius 1 is 1.16 bits per heavy atom. The zero-order valence-electron chi connectivity index (χ0n) is 17.0. The van der Waals surface area contributed by atoms with Crippen molar-refractivity contribution < 1.29 is 24.0 Å². The molecule has 8 heteroatoms. The number of aliphatic hydroxyl groups is 1. The van der Waals surface area contributed by atoms with Crippen molar-refractivity contribution in [3.63, 3.8) is 0 Å². The van der Waals surface area contributed by atoms with Crippen LogP contribution >= 0.6 is 11.6 Å². The van der Waals surface area contributed by atoms with Crippen LogP contribution in [0.2, 0.25) is 5.02 Å². The highest BCUT2D eigenvalue weighted by molar-refractivity contribution is 6.51. The minimum Gasteiger partial charge on any atom is -0.507 e. The lowest BCUT2D eigenvalue weighted by Crippen LogP contribution is -2.29. The van der Waals surface area contributed by atoms with Crippen LogP contribution in [0.1, 0.15) is 28.5 Å². The Bertz CT molecular complexity index is 1230. The minimum atomic E-state index is -0.925. The topological polar surface area (TPSA) is 92.9 Å². The predicted molar refractivity (Wildman–Crippen MR) is 115 cm³/mol. The molecule has 0 spiro atoms. The van der Waals surface area contributed by atoms with Crippen LogP contribution in [0.4, 0.5) is 5.82 Å². The third-order valence-corrected chi connectivity index (χ3v) is 5.37. The lowest BCUT2D eigenvalue weighted by atomic mass is 9.95. The maximum Gasteiger partial charge on any atom is 0.301 e. The Kier molecular flexibility index (Phi) is 5.29. The number of aryl methyl sites for hydroxylation is 2. The van der Waals surface area contributed by atoms with Crippen LogP contribution in [0.5, 0.6) is 5.75 Å². The number of carbonyl (C=O) groups is 2. The first kappa shape index (κ1) is 20.7. The van der Waals surface area contributed by atoms with Crippen molar-refractivity contribution >= 4 is 34.9 Å². The predicted octanol–water partition coefficient (Wildman–Crippen LogP) is 4.58. The number of aliphatic hydroxyl groups excluding tert-OH is 1. The summed E-state index contributed by atoms with van der Waals surface area (Å²) >= 11 is 6.18. The Morgan fingerprint density at radius 2 is 1.94 bits per heavy atom. The molecule has 0 bridgehead atoms. The molecule has 0 aliphatic carbocycles. The molecule has 1 atom stereocenters. The Balaban J connectivity index is 1.94. The van der Waals surface area contributed by atoms with Crippen molar-refractivity contribution in [1.82, 2.24) is 5.16 Å². The fourth-order valence-electron chi connectivity index (χ4n) is 3.71. The summed E-state index contributed by atoms with van der Waals surface area (Å²) in [7, 11) is 1.55. The van der Waals surface area contributed by atoms with E-state index in [2.05, 4.69) is 5.16 Å². The molecule has 1 N–H and O–H groups in total. The SMILES string of the molecule is COc1ccc(/C(O)=C2\C(=O)C(=O)N(c3cc(C)on3)C2c2cccc(Cl)c2)cc1C. The molecule has 2 heterocycles. The summed E-state index contributed by atoms with van der Waals surface area (Å²) in [5.41, 5.74) is 1.66. The van der Waals surface area contributed by atoms with Crippen molar-refractivity contribution in [3.8, 4) is 5.75 Å². The van der Waals surface area contributed by atoms with Gasteiger partial charge in [0.05, 0.1) is 18.7 Å². The van der Waals surface area contributed by atoms with Gasteiger partial charge in [0.2, 0.25) is 0 Å². The van der Waals surface area contributed by atoms with Gasteiger partial charge in [0, 0.05) is 16.7 Å². The molecule has 1 aromatic heterocycles. The molecule has 7 nitrogen and oxygen atoms in total. The number of ether oxygens (including phenoxy) is 1. The number of benzene rings is 2. The molecule has 2 aromatic carbocycles. The molecule has 1 aliphatic heterocycles. The Hall–Kier alpha value is -3.58. The number of amides is 1. The number of ketones is 1. The average Bonchev–Trinajstić information content (AvgIpc) is 3.28. The van der Waals surface area contributed by atoms with Crippen LogP contribution in [0, 0.1) is 13.8 Å². The fourth-order valence-corrected chi connectivity index (χ4v) is 3.91. The van der Waals surface area contributed by atoms with Crippen molar-refractivity contribution in [2.75, 3.05) is 12.0 Å². The van der Waals surface area contributed by atoms with Crippen LogP contribution < -0.4 is 9.64 Å². The first-order valence-corrected chi connectivity index (χ1v) is 9.84. The van der Waals surface area contributed by atoms with Gasteiger partial charge in [-0.3, -0.25) is 14.5 Å². The maximum absolute atomic E-state index is 13.1. The van der Waals surface area contributed by atoms with E-state index in [0.717, 1.165) is 5.56 Å². The van der Waals surface area contributed by atoms with Gasteiger partial charge in [-0.15, -0.1) is 0 Å². The van der Waals surface area contributed by atoms with Gasteiger partial charge in [0.1, 0.15) is 17.3 Å². The molecule has 158 valence electrons.